The molecule has 2 aromatic rings. The Morgan fingerprint density at radius 3 is 2.41 bits per heavy atom. The predicted octanol–water partition coefficient (Wildman–Crippen LogP) is 5.58. The molecule has 2 N–H and O–H groups in total. The fourth-order valence-corrected chi connectivity index (χ4v) is 3.75. The number of carbonyl (C=O) groups is 2. The van der Waals surface area contributed by atoms with Crippen molar-refractivity contribution in [1.82, 2.24) is 10.7 Å². The average molecular weight is 553 g/mol. The molecule has 0 saturated heterocycles. The normalized spacial score (nSPS) is 12.1. The quantitative estimate of drug-likeness (QED) is 0.281. The topological polar surface area (TPSA) is 89.0 Å². The van der Waals surface area contributed by atoms with Gasteiger partial charge in [0, 0.05) is 10.6 Å². The summed E-state index contributed by atoms with van der Waals surface area (Å²) in [5.74, 6) is 0.610. The summed E-state index contributed by atoms with van der Waals surface area (Å²) in [6.45, 7) is 10.2. The van der Waals surface area contributed by atoms with Gasteiger partial charge in [-0.15, -0.1) is 0 Å². The lowest BCUT2D eigenvalue weighted by atomic mass is 10.0. The lowest BCUT2D eigenvalue weighted by molar-refractivity contribution is -0.123. The maximum absolute atomic E-state index is 12.8. The standard InChI is InChI=1S/C25H31BrClN3O4/c1-6-33-22-13-17(12-20(26)23(22)34-16(4)5)14-28-30-25(32)21(11-15(2)3)29-24(31)18-7-9-19(27)10-8-18/h7-10,12-16,21H,6,11H2,1-5H3,(H,29,31)(H,30,32). The van der Waals surface area contributed by atoms with E-state index >= 15 is 0 Å². The van der Waals surface area contributed by atoms with Gasteiger partial charge >= 0.3 is 0 Å². The largest absolute Gasteiger partial charge is 0.490 e. The Hall–Kier alpha value is -2.58. The fraction of sp³-hybridized carbons (Fsp3) is 0.400. The molecule has 1 unspecified atom stereocenters. The van der Waals surface area contributed by atoms with Crippen molar-refractivity contribution in [2.45, 2.75) is 53.2 Å². The van der Waals surface area contributed by atoms with E-state index < -0.39 is 11.9 Å². The number of hydrogen-bond donors (Lipinski definition) is 2. The van der Waals surface area contributed by atoms with Gasteiger partial charge in [-0.2, -0.15) is 5.10 Å². The van der Waals surface area contributed by atoms with Crippen molar-refractivity contribution in [2.75, 3.05) is 6.61 Å². The molecule has 0 aliphatic heterocycles. The van der Waals surface area contributed by atoms with Gasteiger partial charge in [-0.3, -0.25) is 9.59 Å². The molecule has 1 atom stereocenters. The second-order valence-corrected chi connectivity index (χ2v) is 9.62. The Bertz CT molecular complexity index is 1010. The average Bonchev–Trinajstić information content (AvgIpc) is 2.75. The van der Waals surface area contributed by atoms with E-state index in [9.17, 15) is 9.59 Å². The second-order valence-electron chi connectivity index (χ2n) is 8.33. The highest BCUT2D eigenvalue weighted by Gasteiger charge is 2.22. The van der Waals surface area contributed by atoms with E-state index in [0.717, 1.165) is 0 Å². The molecular formula is C25H31BrClN3O4. The van der Waals surface area contributed by atoms with Crippen LogP contribution in [0, 0.1) is 5.92 Å². The highest BCUT2D eigenvalue weighted by molar-refractivity contribution is 9.10. The molecule has 2 amide bonds. The number of halogens is 2. The Morgan fingerprint density at radius 2 is 1.82 bits per heavy atom. The first-order valence-corrected chi connectivity index (χ1v) is 12.3. The van der Waals surface area contributed by atoms with Gasteiger partial charge in [0.05, 0.1) is 23.4 Å². The van der Waals surface area contributed by atoms with Crippen molar-refractivity contribution >= 4 is 45.6 Å². The minimum atomic E-state index is -0.743. The van der Waals surface area contributed by atoms with Crippen LogP contribution in [0.2, 0.25) is 5.02 Å². The summed E-state index contributed by atoms with van der Waals surface area (Å²) in [5.41, 5.74) is 3.66. The highest BCUT2D eigenvalue weighted by Crippen LogP contribution is 2.37. The van der Waals surface area contributed by atoms with Crippen LogP contribution < -0.4 is 20.2 Å². The van der Waals surface area contributed by atoms with Crippen molar-refractivity contribution in [2.24, 2.45) is 11.0 Å². The summed E-state index contributed by atoms with van der Waals surface area (Å²) in [7, 11) is 0. The summed E-state index contributed by atoms with van der Waals surface area (Å²) < 4.78 is 12.3. The zero-order valence-electron chi connectivity index (χ0n) is 20.0. The van der Waals surface area contributed by atoms with E-state index in [4.69, 9.17) is 21.1 Å². The summed E-state index contributed by atoms with van der Waals surface area (Å²) in [6.07, 6.45) is 1.95. The monoisotopic (exact) mass is 551 g/mol. The molecule has 0 aliphatic rings. The number of rotatable bonds is 11. The molecule has 0 spiro atoms. The van der Waals surface area contributed by atoms with Gasteiger partial charge in [-0.1, -0.05) is 25.4 Å². The SMILES string of the molecule is CCOc1cc(C=NNC(=O)C(CC(C)C)NC(=O)c2ccc(Cl)cc2)cc(Br)c1OC(C)C. The first kappa shape index (κ1) is 27.7. The van der Waals surface area contributed by atoms with Crippen molar-refractivity contribution < 1.29 is 19.1 Å². The highest BCUT2D eigenvalue weighted by atomic mass is 79.9. The Labute approximate surface area is 214 Å². The zero-order chi connectivity index (χ0) is 25.3. The predicted molar refractivity (Wildman–Crippen MR) is 139 cm³/mol. The minimum absolute atomic E-state index is 0.0183. The first-order chi connectivity index (χ1) is 16.1. The van der Waals surface area contributed by atoms with Gasteiger partial charge in [0.25, 0.3) is 11.8 Å². The zero-order valence-corrected chi connectivity index (χ0v) is 22.4. The second kappa shape index (κ2) is 13.3. The minimum Gasteiger partial charge on any atom is -0.490 e. The van der Waals surface area contributed by atoms with Crippen molar-refractivity contribution in [3.63, 3.8) is 0 Å². The third-order valence-electron chi connectivity index (χ3n) is 4.51. The number of hydrazone groups is 1. The maximum atomic E-state index is 12.8. The summed E-state index contributed by atoms with van der Waals surface area (Å²) in [6, 6.07) is 9.35. The molecular weight excluding hydrogens is 522 g/mol. The van der Waals surface area contributed by atoms with Crippen LogP contribution >= 0.6 is 27.5 Å². The molecule has 184 valence electrons. The molecule has 7 nitrogen and oxygen atoms in total. The smallest absolute Gasteiger partial charge is 0.262 e. The molecule has 9 heteroatoms. The lowest BCUT2D eigenvalue weighted by Crippen LogP contribution is -2.46. The number of nitrogens with one attached hydrogen (secondary N) is 2. The third-order valence-corrected chi connectivity index (χ3v) is 5.35. The van der Waals surface area contributed by atoms with Gasteiger partial charge in [-0.05, 0) is 91.0 Å². The van der Waals surface area contributed by atoms with Crippen LogP contribution in [0.15, 0.2) is 46.0 Å². The van der Waals surface area contributed by atoms with E-state index in [1.165, 1.54) is 6.21 Å². The van der Waals surface area contributed by atoms with Gasteiger partial charge < -0.3 is 14.8 Å². The molecule has 0 aromatic heterocycles. The Balaban J connectivity index is 2.12. The van der Waals surface area contributed by atoms with Crippen molar-refractivity contribution in [3.05, 3.63) is 57.0 Å². The summed E-state index contributed by atoms with van der Waals surface area (Å²) in [5, 5.41) is 7.40. The van der Waals surface area contributed by atoms with Crippen LogP contribution in [0.4, 0.5) is 0 Å². The van der Waals surface area contributed by atoms with E-state index in [2.05, 4.69) is 31.8 Å². The van der Waals surface area contributed by atoms with E-state index in [-0.39, 0.29) is 17.9 Å². The number of hydrogen-bond acceptors (Lipinski definition) is 5. The molecule has 0 bridgehead atoms. The van der Waals surface area contributed by atoms with Crippen LogP contribution in [0.1, 0.15) is 57.0 Å². The fourth-order valence-electron chi connectivity index (χ4n) is 3.07. The molecule has 0 radical (unpaired) electrons. The van der Waals surface area contributed by atoms with Crippen molar-refractivity contribution in [3.8, 4) is 11.5 Å². The van der Waals surface area contributed by atoms with Gasteiger partial charge in [0.1, 0.15) is 6.04 Å². The number of nitrogens with zero attached hydrogens (tertiary/aromatic N) is 1. The molecule has 0 aliphatic carbocycles. The van der Waals surface area contributed by atoms with E-state index in [0.29, 0.717) is 45.1 Å². The molecule has 34 heavy (non-hydrogen) atoms. The molecule has 0 saturated carbocycles. The number of benzene rings is 2. The van der Waals surface area contributed by atoms with Gasteiger partial charge in [0.15, 0.2) is 11.5 Å². The van der Waals surface area contributed by atoms with Crippen LogP contribution in [0.5, 0.6) is 11.5 Å². The summed E-state index contributed by atoms with van der Waals surface area (Å²) in [4.78, 5) is 25.4. The number of carbonyl (C=O) groups excluding carboxylic acids is 2. The third kappa shape index (κ3) is 8.65. The van der Waals surface area contributed by atoms with Crippen LogP contribution in [-0.4, -0.2) is 36.8 Å². The molecule has 2 rings (SSSR count). The first-order valence-electron chi connectivity index (χ1n) is 11.1. The maximum Gasteiger partial charge on any atom is 0.262 e. The molecule has 0 heterocycles. The summed E-state index contributed by atoms with van der Waals surface area (Å²) >= 11 is 9.40. The lowest BCUT2D eigenvalue weighted by Gasteiger charge is -2.19. The van der Waals surface area contributed by atoms with Gasteiger partial charge in [0.2, 0.25) is 0 Å². The van der Waals surface area contributed by atoms with Crippen LogP contribution in [0.25, 0.3) is 0 Å². The van der Waals surface area contributed by atoms with Crippen LogP contribution in [0.3, 0.4) is 0 Å². The number of ether oxygens (including phenoxy) is 2. The number of amides is 2. The van der Waals surface area contributed by atoms with Gasteiger partial charge in [-0.25, -0.2) is 5.43 Å². The van der Waals surface area contributed by atoms with Crippen LogP contribution in [-0.2, 0) is 4.79 Å². The Morgan fingerprint density at radius 1 is 1.15 bits per heavy atom. The molecule has 2 aromatic carbocycles. The Kier molecular flexibility index (Phi) is 10.9. The van der Waals surface area contributed by atoms with E-state index in [1.54, 1.807) is 30.3 Å². The van der Waals surface area contributed by atoms with Crippen molar-refractivity contribution in [1.29, 1.82) is 0 Å². The van der Waals surface area contributed by atoms with E-state index in [1.807, 2.05) is 40.7 Å². The molecule has 0 fully saturated rings.